The average Bonchev–Trinajstić information content (AvgIpc) is 2.76. The molecular formula is C21H20F7N3O4S. The molecule has 0 saturated carbocycles. The summed E-state index contributed by atoms with van der Waals surface area (Å²) in [5, 5.41) is 9.99. The first-order valence-electron chi connectivity index (χ1n) is 10.2. The summed E-state index contributed by atoms with van der Waals surface area (Å²) in [5.41, 5.74) is -2.10. The van der Waals surface area contributed by atoms with Gasteiger partial charge < -0.3 is 15.7 Å². The van der Waals surface area contributed by atoms with Crippen molar-refractivity contribution in [3.8, 4) is 0 Å². The Morgan fingerprint density at radius 3 is 2.22 bits per heavy atom. The number of anilines is 1. The van der Waals surface area contributed by atoms with E-state index in [1.54, 1.807) is 0 Å². The van der Waals surface area contributed by atoms with Crippen molar-refractivity contribution in [2.24, 2.45) is 5.73 Å². The van der Waals surface area contributed by atoms with E-state index < -0.39 is 61.8 Å². The van der Waals surface area contributed by atoms with E-state index in [4.69, 9.17) is 5.73 Å². The van der Waals surface area contributed by atoms with Gasteiger partial charge in [-0.2, -0.15) is 30.6 Å². The molecule has 198 valence electrons. The summed E-state index contributed by atoms with van der Waals surface area (Å²) in [6.45, 7) is 0.523. The molecule has 1 aliphatic rings. The van der Waals surface area contributed by atoms with Crippen LogP contribution in [-0.4, -0.2) is 55.6 Å². The lowest BCUT2D eigenvalue weighted by atomic mass is 9.92. The summed E-state index contributed by atoms with van der Waals surface area (Å²) in [5.74, 6) is -3.26. The van der Waals surface area contributed by atoms with Gasteiger partial charge >= 0.3 is 12.4 Å². The topological polar surface area (TPSA) is 104 Å². The Labute approximate surface area is 201 Å². The van der Waals surface area contributed by atoms with Gasteiger partial charge in [-0.1, -0.05) is 12.1 Å². The summed E-state index contributed by atoms with van der Waals surface area (Å²) >= 11 is 0. The van der Waals surface area contributed by atoms with Gasteiger partial charge in [-0.15, -0.1) is 0 Å². The van der Waals surface area contributed by atoms with Gasteiger partial charge in [0.25, 0.3) is 11.5 Å². The van der Waals surface area contributed by atoms with Crippen molar-refractivity contribution in [1.82, 2.24) is 4.31 Å². The zero-order valence-corrected chi connectivity index (χ0v) is 19.3. The molecule has 3 N–H and O–H groups in total. The molecule has 0 bridgehead atoms. The maximum Gasteiger partial charge on any atom is 0.430 e. The van der Waals surface area contributed by atoms with Crippen molar-refractivity contribution < 1.29 is 49.1 Å². The second-order valence-corrected chi connectivity index (χ2v) is 10.1. The maximum absolute atomic E-state index is 13.4. The molecule has 1 amide bonds. The number of carbonyl (C=O) groups is 1. The molecule has 7 nitrogen and oxygen atoms in total. The number of aliphatic hydroxyl groups is 1. The largest absolute Gasteiger partial charge is 0.430 e. The lowest BCUT2D eigenvalue weighted by Crippen LogP contribution is -2.54. The van der Waals surface area contributed by atoms with Gasteiger partial charge in [-0.25, -0.2) is 12.8 Å². The predicted octanol–water partition coefficient (Wildman–Crippen LogP) is 2.98. The van der Waals surface area contributed by atoms with Crippen molar-refractivity contribution in [3.05, 3.63) is 59.4 Å². The van der Waals surface area contributed by atoms with E-state index in [0.717, 1.165) is 28.6 Å². The number of piperazine rings is 1. The molecule has 1 unspecified atom stereocenters. The van der Waals surface area contributed by atoms with E-state index in [1.165, 1.54) is 11.8 Å². The molecule has 3 rings (SSSR count). The molecule has 2 aromatic carbocycles. The SMILES string of the molecule is C[C@@H]1CN(c2ccc(F)cc2C(F)(F)F)CCN1S(=O)(=O)c1cccc(C(O)(C(N)=O)C(F)(F)F)c1. The summed E-state index contributed by atoms with van der Waals surface area (Å²) in [6, 6.07) is 4.12. The molecule has 2 atom stereocenters. The van der Waals surface area contributed by atoms with Crippen LogP contribution in [0.15, 0.2) is 47.4 Å². The van der Waals surface area contributed by atoms with Crippen molar-refractivity contribution in [2.45, 2.75) is 35.8 Å². The minimum absolute atomic E-state index is 0.244. The van der Waals surface area contributed by atoms with Crippen molar-refractivity contribution in [1.29, 1.82) is 0 Å². The number of carbonyl (C=O) groups excluding carboxylic acids is 1. The van der Waals surface area contributed by atoms with E-state index in [0.29, 0.717) is 18.2 Å². The van der Waals surface area contributed by atoms with E-state index in [9.17, 15) is 49.1 Å². The maximum atomic E-state index is 13.4. The molecular weight excluding hydrogens is 523 g/mol. The lowest BCUT2D eigenvalue weighted by molar-refractivity contribution is -0.255. The third kappa shape index (κ3) is 4.86. The van der Waals surface area contributed by atoms with Gasteiger partial charge in [0.05, 0.1) is 10.5 Å². The Kier molecular flexibility index (Phi) is 7.07. The van der Waals surface area contributed by atoms with Gasteiger partial charge in [0.1, 0.15) is 5.82 Å². The standard InChI is InChI=1S/C21H20F7N3O4S/c1-12-11-30(17-6-5-14(22)10-16(17)20(23,24)25)7-8-31(12)36(34,35)15-4-2-3-13(9-15)19(33,18(29)32)21(26,27)28/h2-6,9-10,12,33H,7-8,11H2,1H3,(H2,29,32)/t12-,19?/m1/s1. The predicted molar refractivity (Wildman–Crippen MR) is 113 cm³/mol. The number of primary amides is 1. The number of nitrogens with zero attached hydrogens (tertiary/aromatic N) is 2. The van der Waals surface area contributed by atoms with Gasteiger partial charge in [0.15, 0.2) is 0 Å². The minimum Gasteiger partial charge on any atom is -0.369 e. The number of hydrogen-bond donors (Lipinski definition) is 2. The highest BCUT2D eigenvalue weighted by atomic mass is 32.2. The normalized spacial score (nSPS) is 19.7. The highest BCUT2D eigenvalue weighted by Gasteiger charge is 2.60. The van der Waals surface area contributed by atoms with E-state index in [-0.39, 0.29) is 25.3 Å². The molecule has 0 spiro atoms. The Hall–Kier alpha value is -2.91. The first-order chi connectivity index (χ1) is 16.4. The van der Waals surface area contributed by atoms with Gasteiger partial charge in [0, 0.05) is 36.9 Å². The molecule has 36 heavy (non-hydrogen) atoms. The molecule has 0 aliphatic carbocycles. The Balaban J connectivity index is 1.93. The van der Waals surface area contributed by atoms with Crippen LogP contribution in [0.2, 0.25) is 0 Å². The number of halogens is 7. The van der Waals surface area contributed by atoms with Gasteiger partial charge in [0.2, 0.25) is 10.0 Å². The van der Waals surface area contributed by atoms with E-state index in [1.807, 2.05) is 0 Å². The molecule has 1 aliphatic heterocycles. The Morgan fingerprint density at radius 1 is 1.06 bits per heavy atom. The second kappa shape index (κ2) is 9.19. The molecule has 0 aromatic heterocycles. The van der Waals surface area contributed by atoms with Crippen molar-refractivity contribution in [3.63, 3.8) is 0 Å². The number of nitrogens with two attached hydrogens (primary N) is 1. The van der Waals surface area contributed by atoms with Crippen LogP contribution in [-0.2, 0) is 26.6 Å². The highest BCUT2D eigenvalue weighted by Crippen LogP contribution is 2.40. The van der Waals surface area contributed by atoms with Crippen molar-refractivity contribution >= 4 is 21.6 Å². The molecule has 1 heterocycles. The zero-order valence-electron chi connectivity index (χ0n) is 18.4. The molecule has 1 fully saturated rings. The molecule has 0 radical (unpaired) electrons. The average molecular weight is 543 g/mol. The summed E-state index contributed by atoms with van der Waals surface area (Å²) in [6.07, 6.45) is -10.4. The third-order valence-corrected chi connectivity index (χ3v) is 7.81. The number of sulfonamides is 1. The fraction of sp³-hybridized carbons (Fsp3) is 0.381. The first-order valence-corrected chi connectivity index (χ1v) is 11.7. The van der Waals surface area contributed by atoms with Crippen molar-refractivity contribution in [2.75, 3.05) is 24.5 Å². The Morgan fingerprint density at radius 2 is 1.69 bits per heavy atom. The van der Waals surface area contributed by atoms with Crippen LogP contribution in [0.4, 0.5) is 36.4 Å². The van der Waals surface area contributed by atoms with E-state index in [2.05, 4.69) is 0 Å². The smallest absolute Gasteiger partial charge is 0.369 e. The van der Waals surface area contributed by atoms with Crippen LogP contribution in [0.1, 0.15) is 18.1 Å². The number of alkyl halides is 6. The van der Waals surface area contributed by atoms with E-state index >= 15 is 0 Å². The number of benzene rings is 2. The highest BCUT2D eigenvalue weighted by molar-refractivity contribution is 7.89. The number of amides is 1. The lowest BCUT2D eigenvalue weighted by Gasteiger charge is -2.41. The van der Waals surface area contributed by atoms with Gasteiger partial charge in [-0.05, 0) is 37.3 Å². The quantitative estimate of drug-likeness (QED) is 0.565. The second-order valence-electron chi connectivity index (χ2n) is 8.17. The van der Waals surface area contributed by atoms with Crippen LogP contribution < -0.4 is 10.6 Å². The molecule has 1 saturated heterocycles. The van der Waals surface area contributed by atoms with Crippen LogP contribution in [0.5, 0.6) is 0 Å². The molecule has 15 heteroatoms. The van der Waals surface area contributed by atoms with Gasteiger partial charge in [-0.3, -0.25) is 4.79 Å². The third-order valence-electron chi connectivity index (χ3n) is 5.80. The summed E-state index contributed by atoms with van der Waals surface area (Å²) < 4.78 is 121. The van der Waals surface area contributed by atoms with Crippen LogP contribution in [0.25, 0.3) is 0 Å². The fourth-order valence-electron chi connectivity index (χ4n) is 3.99. The Bertz CT molecular complexity index is 1270. The number of hydrogen-bond acceptors (Lipinski definition) is 5. The monoisotopic (exact) mass is 543 g/mol. The summed E-state index contributed by atoms with van der Waals surface area (Å²) in [7, 11) is -4.52. The van der Waals surface area contributed by atoms with Crippen LogP contribution >= 0.6 is 0 Å². The summed E-state index contributed by atoms with van der Waals surface area (Å²) in [4.78, 5) is 12.0. The first kappa shape index (κ1) is 27.7. The number of rotatable bonds is 5. The molecule has 2 aromatic rings. The fourth-order valence-corrected chi connectivity index (χ4v) is 5.65. The minimum atomic E-state index is -5.55. The van der Waals surface area contributed by atoms with Crippen LogP contribution in [0, 0.1) is 5.82 Å². The zero-order chi connectivity index (χ0) is 27.3. The van der Waals surface area contributed by atoms with Crippen LogP contribution in [0.3, 0.4) is 0 Å².